The predicted octanol–water partition coefficient (Wildman–Crippen LogP) is 5.59. The summed E-state index contributed by atoms with van der Waals surface area (Å²) in [7, 11) is 1.55. The highest BCUT2D eigenvalue weighted by Gasteiger charge is 2.47. The number of methoxy groups -OCH3 is 1. The number of carbonyl (C=O) groups excluding carboxylic acids is 1. The van der Waals surface area contributed by atoms with Gasteiger partial charge in [-0.05, 0) is 67.9 Å². The molecule has 0 aliphatic carbocycles. The molecule has 2 heterocycles. The number of nitrogens with zero attached hydrogens (tertiary/aromatic N) is 3. The second-order valence-corrected chi connectivity index (χ2v) is 9.75. The lowest BCUT2D eigenvalue weighted by Gasteiger charge is -2.40. The fourth-order valence-electron chi connectivity index (χ4n) is 5.41. The average molecular weight is 510 g/mol. The molecule has 0 saturated carbocycles. The van der Waals surface area contributed by atoms with Gasteiger partial charge in [0, 0.05) is 41.9 Å². The van der Waals surface area contributed by atoms with Crippen LogP contribution in [-0.2, 0) is 12.0 Å². The van der Waals surface area contributed by atoms with E-state index in [2.05, 4.69) is 4.90 Å². The molecular formula is C27H25ClFN3O4. The van der Waals surface area contributed by atoms with Crippen molar-refractivity contribution in [1.29, 1.82) is 0 Å². The van der Waals surface area contributed by atoms with Crippen LogP contribution in [0.25, 0.3) is 0 Å². The van der Waals surface area contributed by atoms with Crippen molar-refractivity contribution < 1.29 is 18.8 Å². The SMILES string of the molecule is COc1ccc([N+](=O)[O-])cc1CN1CCC2(CC1)CN(C(=O)c1ccccc1Cl)c1ccc(F)cc12. The molecule has 0 atom stereocenters. The predicted molar refractivity (Wildman–Crippen MR) is 135 cm³/mol. The van der Waals surface area contributed by atoms with Crippen LogP contribution >= 0.6 is 11.6 Å². The molecule has 2 aliphatic heterocycles. The van der Waals surface area contributed by atoms with E-state index < -0.39 is 4.92 Å². The summed E-state index contributed by atoms with van der Waals surface area (Å²) in [6.07, 6.45) is 1.43. The Morgan fingerprint density at radius 1 is 1.14 bits per heavy atom. The van der Waals surface area contributed by atoms with Crippen LogP contribution in [0.4, 0.5) is 15.8 Å². The van der Waals surface area contributed by atoms with Gasteiger partial charge in [0.05, 0.1) is 22.6 Å². The lowest BCUT2D eigenvalue weighted by Crippen LogP contribution is -2.45. The number of carbonyl (C=O) groups is 1. The van der Waals surface area contributed by atoms with Gasteiger partial charge in [0.2, 0.25) is 0 Å². The first kappa shape index (κ1) is 24.2. The number of ether oxygens (including phenoxy) is 1. The number of non-ortho nitro benzene ring substituents is 1. The molecule has 2 aliphatic rings. The van der Waals surface area contributed by atoms with Crippen LogP contribution in [0.2, 0.25) is 5.02 Å². The maximum Gasteiger partial charge on any atom is 0.270 e. The van der Waals surface area contributed by atoms with E-state index in [1.807, 2.05) is 0 Å². The van der Waals surface area contributed by atoms with Crippen LogP contribution in [0.3, 0.4) is 0 Å². The molecule has 0 unspecified atom stereocenters. The van der Waals surface area contributed by atoms with Crippen molar-refractivity contribution in [3.8, 4) is 5.75 Å². The third-order valence-corrected chi connectivity index (χ3v) is 7.64. The molecule has 0 N–H and O–H groups in total. The third-order valence-electron chi connectivity index (χ3n) is 7.31. The van der Waals surface area contributed by atoms with E-state index >= 15 is 0 Å². The van der Waals surface area contributed by atoms with Crippen LogP contribution in [-0.4, -0.2) is 42.5 Å². The molecule has 0 radical (unpaired) electrons. The zero-order valence-electron chi connectivity index (χ0n) is 19.7. The number of amides is 1. The molecule has 36 heavy (non-hydrogen) atoms. The Labute approximate surface area is 213 Å². The van der Waals surface area contributed by atoms with Gasteiger partial charge >= 0.3 is 0 Å². The molecule has 3 aromatic carbocycles. The zero-order chi connectivity index (χ0) is 25.4. The number of hydrogen-bond acceptors (Lipinski definition) is 5. The Hall–Kier alpha value is -3.49. The van der Waals surface area contributed by atoms with Crippen LogP contribution in [0.5, 0.6) is 5.75 Å². The van der Waals surface area contributed by atoms with E-state index in [-0.39, 0.29) is 22.8 Å². The summed E-state index contributed by atoms with van der Waals surface area (Å²) in [5.41, 5.74) is 2.37. The minimum Gasteiger partial charge on any atom is -0.496 e. The number of benzene rings is 3. The molecular weight excluding hydrogens is 485 g/mol. The maximum absolute atomic E-state index is 14.4. The van der Waals surface area contributed by atoms with E-state index in [0.29, 0.717) is 55.4 Å². The zero-order valence-corrected chi connectivity index (χ0v) is 20.5. The van der Waals surface area contributed by atoms with Crippen molar-refractivity contribution in [1.82, 2.24) is 4.90 Å². The van der Waals surface area contributed by atoms with Gasteiger partial charge < -0.3 is 9.64 Å². The minimum atomic E-state index is -0.414. The summed E-state index contributed by atoms with van der Waals surface area (Å²) in [4.78, 5) is 28.2. The van der Waals surface area contributed by atoms with Gasteiger partial charge in [0.15, 0.2) is 0 Å². The Bertz CT molecular complexity index is 1340. The van der Waals surface area contributed by atoms with Crippen LogP contribution in [0, 0.1) is 15.9 Å². The molecule has 0 bridgehead atoms. The molecule has 186 valence electrons. The molecule has 1 spiro atoms. The van der Waals surface area contributed by atoms with E-state index in [4.69, 9.17) is 16.3 Å². The minimum absolute atomic E-state index is 0.0215. The summed E-state index contributed by atoms with van der Waals surface area (Å²) >= 11 is 6.31. The van der Waals surface area contributed by atoms with Crippen molar-refractivity contribution >= 4 is 28.9 Å². The number of halogens is 2. The fourth-order valence-corrected chi connectivity index (χ4v) is 5.63. The lowest BCUT2D eigenvalue weighted by molar-refractivity contribution is -0.385. The number of likely N-dealkylation sites (tertiary alicyclic amines) is 1. The molecule has 1 saturated heterocycles. The molecule has 3 aromatic rings. The standard InChI is InChI=1S/C27H25ClFN3O4/c1-36-25-9-7-20(32(34)35)14-18(25)16-30-12-10-27(11-13-30)17-31(24-8-6-19(29)15-22(24)27)26(33)21-4-2-3-5-23(21)28/h2-9,14-15H,10-13,16-17H2,1H3. The highest BCUT2D eigenvalue weighted by Crippen LogP contribution is 2.48. The van der Waals surface area contributed by atoms with E-state index in [1.165, 1.54) is 12.1 Å². The number of rotatable bonds is 5. The first-order valence-electron chi connectivity index (χ1n) is 11.7. The van der Waals surface area contributed by atoms with Gasteiger partial charge in [0.1, 0.15) is 11.6 Å². The average Bonchev–Trinajstić information content (AvgIpc) is 3.18. The van der Waals surface area contributed by atoms with E-state index in [9.17, 15) is 19.3 Å². The monoisotopic (exact) mass is 509 g/mol. The summed E-state index contributed by atoms with van der Waals surface area (Å²) < 4.78 is 19.8. The van der Waals surface area contributed by atoms with Crippen molar-refractivity contribution in [3.05, 3.63) is 98.3 Å². The summed E-state index contributed by atoms with van der Waals surface area (Å²) in [5.74, 6) is 0.0729. The number of nitro benzene ring substituents is 1. The lowest BCUT2D eigenvalue weighted by atomic mass is 9.74. The van der Waals surface area contributed by atoms with Gasteiger partial charge in [-0.15, -0.1) is 0 Å². The highest BCUT2D eigenvalue weighted by molar-refractivity contribution is 6.34. The van der Waals surface area contributed by atoms with Gasteiger partial charge in [0.25, 0.3) is 11.6 Å². The molecule has 1 amide bonds. The molecule has 0 aromatic heterocycles. The van der Waals surface area contributed by atoms with Crippen molar-refractivity contribution in [2.45, 2.75) is 24.8 Å². The number of piperidine rings is 1. The molecule has 1 fully saturated rings. The normalized spacial score (nSPS) is 16.7. The summed E-state index contributed by atoms with van der Waals surface area (Å²) in [6, 6.07) is 16.2. The smallest absolute Gasteiger partial charge is 0.270 e. The largest absolute Gasteiger partial charge is 0.496 e. The Balaban J connectivity index is 1.39. The molecule has 9 heteroatoms. The first-order chi connectivity index (χ1) is 17.3. The number of fused-ring (bicyclic) bond motifs is 2. The van der Waals surface area contributed by atoms with Crippen LogP contribution in [0.15, 0.2) is 60.7 Å². The Morgan fingerprint density at radius 2 is 1.89 bits per heavy atom. The summed E-state index contributed by atoms with van der Waals surface area (Å²) in [6.45, 7) is 2.33. The first-order valence-corrected chi connectivity index (χ1v) is 12.1. The fraction of sp³-hybridized carbons (Fsp3) is 0.296. The van der Waals surface area contributed by atoms with E-state index in [0.717, 1.165) is 16.8 Å². The van der Waals surface area contributed by atoms with E-state index in [1.54, 1.807) is 60.5 Å². The molecule has 5 rings (SSSR count). The Morgan fingerprint density at radius 3 is 2.58 bits per heavy atom. The highest BCUT2D eigenvalue weighted by atomic mass is 35.5. The Kier molecular flexibility index (Phi) is 6.40. The third kappa shape index (κ3) is 4.31. The number of nitro groups is 1. The van der Waals surface area contributed by atoms with Gasteiger partial charge in [-0.1, -0.05) is 23.7 Å². The van der Waals surface area contributed by atoms with Gasteiger partial charge in [-0.3, -0.25) is 19.8 Å². The quantitative estimate of drug-likeness (QED) is 0.331. The van der Waals surface area contributed by atoms with Crippen LogP contribution < -0.4 is 9.64 Å². The number of hydrogen-bond donors (Lipinski definition) is 0. The second kappa shape index (κ2) is 9.52. The second-order valence-electron chi connectivity index (χ2n) is 9.34. The topological polar surface area (TPSA) is 75.9 Å². The summed E-state index contributed by atoms with van der Waals surface area (Å²) in [5, 5.41) is 11.6. The number of anilines is 1. The van der Waals surface area contributed by atoms with Crippen molar-refractivity contribution in [2.24, 2.45) is 0 Å². The maximum atomic E-state index is 14.4. The van der Waals surface area contributed by atoms with Crippen LogP contribution in [0.1, 0.15) is 34.3 Å². The van der Waals surface area contributed by atoms with Crippen molar-refractivity contribution in [2.75, 3.05) is 31.6 Å². The van der Waals surface area contributed by atoms with Crippen molar-refractivity contribution in [3.63, 3.8) is 0 Å². The van der Waals surface area contributed by atoms with Gasteiger partial charge in [-0.2, -0.15) is 0 Å². The van der Waals surface area contributed by atoms with Gasteiger partial charge in [-0.25, -0.2) is 4.39 Å². The molecule has 7 nitrogen and oxygen atoms in total.